The predicted molar refractivity (Wildman–Crippen MR) is 59.2 cm³/mol. The fourth-order valence-electron chi connectivity index (χ4n) is 1.00. The number of aromatic nitrogens is 1. The molecule has 0 aliphatic rings. The van der Waals surface area contributed by atoms with Crippen LogP contribution in [0.4, 0.5) is 5.82 Å². The molecule has 1 aromatic rings. The van der Waals surface area contributed by atoms with E-state index in [4.69, 9.17) is 9.63 Å². The lowest BCUT2D eigenvalue weighted by Crippen LogP contribution is -2.50. The van der Waals surface area contributed by atoms with Gasteiger partial charge in [0.05, 0.1) is 12.1 Å². The van der Waals surface area contributed by atoms with Crippen LogP contribution in [0.1, 0.15) is 19.6 Å². The molecule has 0 aliphatic heterocycles. The van der Waals surface area contributed by atoms with E-state index in [0.717, 1.165) is 0 Å². The minimum atomic E-state index is -0.861. The Morgan fingerprint density at radius 3 is 2.59 bits per heavy atom. The number of carbonyl (C=O) groups is 2. The van der Waals surface area contributed by atoms with Crippen LogP contribution in [0.25, 0.3) is 0 Å². The van der Waals surface area contributed by atoms with Gasteiger partial charge in [-0.05, 0) is 20.8 Å². The minimum absolute atomic E-state index is 0.171. The van der Waals surface area contributed by atoms with Crippen molar-refractivity contribution in [3.63, 3.8) is 0 Å². The number of hydrogen-bond acceptors (Lipinski definition) is 5. The average molecular weight is 241 g/mol. The molecule has 7 nitrogen and oxygen atoms in total. The van der Waals surface area contributed by atoms with Crippen LogP contribution in [-0.2, 0) is 9.59 Å². The van der Waals surface area contributed by atoms with Crippen LogP contribution in [0.3, 0.4) is 0 Å². The van der Waals surface area contributed by atoms with Gasteiger partial charge in [-0.3, -0.25) is 14.9 Å². The number of amides is 2. The molecule has 0 fully saturated rings. The second kappa shape index (κ2) is 4.96. The zero-order chi connectivity index (χ0) is 13.1. The number of carbonyl (C=O) groups excluding carboxylic acids is 2. The van der Waals surface area contributed by atoms with Crippen molar-refractivity contribution in [3.8, 4) is 0 Å². The average Bonchev–Trinajstić information content (AvgIpc) is 2.63. The fraction of sp³-hybridized carbons (Fsp3) is 0.500. The van der Waals surface area contributed by atoms with E-state index in [-0.39, 0.29) is 12.4 Å². The van der Waals surface area contributed by atoms with Crippen LogP contribution in [-0.4, -0.2) is 34.2 Å². The maximum Gasteiger partial charge on any atom is 0.314 e. The van der Waals surface area contributed by atoms with E-state index < -0.39 is 17.4 Å². The molecule has 0 aliphatic carbocycles. The van der Waals surface area contributed by atoms with Crippen molar-refractivity contribution in [2.45, 2.75) is 26.3 Å². The number of nitrogens with one attached hydrogen (secondary N) is 2. The molecule has 0 saturated carbocycles. The van der Waals surface area contributed by atoms with Crippen molar-refractivity contribution in [1.29, 1.82) is 0 Å². The van der Waals surface area contributed by atoms with Crippen LogP contribution < -0.4 is 10.6 Å². The van der Waals surface area contributed by atoms with Gasteiger partial charge in [0.2, 0.25) is 0 Å². The number of hydrogen-bond donors (Lipinski definition) is 3. The summed E-state index contributed by atoms with van der Waals surface area (Å²) in [4.78, 5) is 22.9. The number of rotatable bonds is 3. The first-order valence-corrected chi connectivity index (χ1v) is 5.02. The van der Waals surface area contributed by atoms with Gasteiger partial charge < -0.3 is 14.9 Å². The second-order valence-corrected chi connectivity index (χ2v) is 4.27. The van der Waals surface area contributed by atoms with Gasteiger partial charge in [-0.1, -0.05) is 5.16 Å². The van der Waals surface area contributed by atoms with E-state index in [2.05, 4.69) is 15.8 Å². The van der Waals surface area contributed by atoms with Crippen LogP contribution in [0.5, 0.6) is 0 Å². The SMILES string of the molecule is Cc1cc(NC(=O)C(=O)NC(C)(C)CO)no1. The first-order valence-electron chi connectivity index (χ1n) is 5.02. The second-order valence-electron chi connectivity index (χ2n) is 4.27. The fourth-order valence-corrected chi connectivity index (χ4v) is 1.00. The van der Waals surface area contributed by atoms with E-state index in [1.54, 1.807) is 20.8 Å². The number of aryl methyl sites for hydroxylation is 1. The van der Waals surface area contributed by atoms with Gasteiger partial charge in [-0.25, -0.2) is 0 Å². The molecule has 0 saturated heterocycles. The molecule has 0 bridgehead atoms. The third kappa shape index (κ3) is 3.87. The van der Waals surface area contributed by atoms with Gasteiger partial charge in [0.15, 0.2) is 5.82 Å². The summed E-state index contributed by atoms with van der Waals surface area (Å²) in [6, 6.07) is 1.49. The van der Waals surface area contributed by atoms with E-state index in [1.807, 2.05) is 0 Å². The maximum absolute atomic E-state index is 11.4. The monoisotopic (exact) mass is 241 g/mol. The van der Waals surface area contributed by atoms with E-state index >= 15 is 0 Å². The summed E-state index contributed by atoms with van der Waals surface area (Å²) in [5, 5.41) is 17.1. The summed E-state index contributed by atoms with van der Waals surface area (Å²) in [6.07, 6.45) is 0. The number of aliphatic hydroxyl groups is 1. The highest BCUT2D eigenvalue weighted by molar-refractivity contribution is 6.39. The molecule has 1 heterocycles. The smallest absolute Gasteiger partial charge is 0.314 e. The van der Waals surface area contributed by atoms with Gasteiger partial charge in [-0.15, -0.1) is 0 Å². The molecule has 17 heavy (non-hydrogen) atoms. The number of anilines is 1. The third-order valence-electron chi connectivity index (χ3n) is 1.92. The summed E-state index contributed by atoms with van der Waals surface area (Å²) < 4.78 is 4.73. The van der Waals surface area contributed by atoms with Gasteiger partial charge >= 0.3 is 11.8 Å². The van der Waals surface area contributed by atoms with Crippen molar-refractivity contribution < 1.29 is 19.2 Å². The summed E-state index contributed by atoms with van der Waals surface area (Å²) in [5.74, 6) is -1.01. The summed E-state index contributed by atoms with van der Waals surface area (Å²) in [7, 11) is 0. The van der Waals surface area contributed by atoms with E-state index in [1.165, 1.54) is 6.07 Å². The normalized spacial score (nSPS) is 11.1. The first kappa shape index (κ1) is 13.2. The van der Waals surface area contributed by atoms with Gasteiger partial charge in [0.25, 0.3) is 0 Å². The van der Waals surface area contributed by atoms with Crippen LogP contribution in [0.15, 0.2) is 10.6 Å². The van der Waals surface area contributed by atoms with Crippen LogP contribution in [0, 0.1) is 6.92 Å². The molecule has 1 rings (SSSR count). The predicted octanol–water partition coefficient (Wildman–Crippen LogP) is -0.191. The Hall–Kier alpha value is -1.89. The summed E-state index contributed by atoms with van der Waals surface area (Å²) >= 11 is 0. The molecule has 94 valence electrons. The van der Waals surface area contributed by atoms with Gasteiger partial charge in [0, 0.05) is 6.07 Å². The lowest BCUT2D eigenvalue weighted by molar-refractivity contribution is -0.137. The van der Waals surface area contributed by atoms with Crippen LogP contribution in [0.2, 0.25) is 0 Å². The molecule has 1 aromatic heterocycles. The van der Waals surface area contributed by atoms with Gasteiger partial charge in [-0.2, -0.15) is 0 Å². The highest BCUT2D eigenvalue weighted by Gasteiger charge is 2.24. The highest BCUT2D eigenvalue weighted by atomic mass is 16.5. The Bertz CT molecular complexity index is 425. The first-order chi connectivity index (χ1) is 7.84. The Morgan fingerprint density at radius 2 is 2.12 bits per heavy atom. The zero-order valence-corrected chi connectivity index (χ0v) is 9.90. The summed E-state index contributed by atoms with van der Waals surface area (Å²) in [6.45, 7) is 4.59. The topological polar surface area (TPSA) is 104 Å². The van der Waals surface area contributed by atoms with Crippen molar-refractivity contribution in [3.05, 3.63) is 11.8 Å². The zero-order valence-electron chi connectivity index (χ0n) is 9.90. The van der Waals surface area contributed by atoms with Crippen molar-refractivity contribution in [2.24, 2.45) is 0 Å². The largest absolute Gasteiger partial charge is 0.394 e. The lowest BCUT2D eigenvalue weighted by Gasteiger charge is -2.22. The Balaban J connectivity index is 2.56. The number of nitrogens with zero attached hydrogens (tertiary/aromatic N) is 1. The lowest BCUT2D eigenvalue weighted by atomic mass is 10.1. The molecular formula is C10H15N3O4. The standard InChI is InChI=1S/C10H15N3O4/c1-6-4-7(13-17-6)11-8(15)9(16)12-10(2,3)5-14/h4,14H,5H2,1-3H3,(H,12,16)(H,11,13,15). The molecule has 0 aromatic carbocycles. The van der Waals surface area contributed by atoms with Crippen molar-refractivity contribution in [2.75, 3.05) is 11.9 Å². The van der Waals surface area contributed by atoms with Crippen LogP contribution >= 0.6 is 0 Å². The summed E-state index contributed by atoms with van der Waals surface area (Å²) in [5.41, 5.74) is -0.853. The molecule has 3 N–H and O–H groups in total. The van der Waals surface area contributed by atoms with Crippen molar-refractivity contribution in [1.82, 2.24) is 10.5 Å². The Morgan fingerprint density at radius 1 is 1.47 bits per heavy atom. The Kier molecular flexibility index (Phi) is 3.84. The third-order valence-corrected chi connectivity index (χ3v) is 1.92. The molecule has 0 unspecified atom stereocenters. The van der Waals surface area contributed by atoms with E-state index in [9.17, 15) is 9.59 Å². The quantitative estimate of drug-likeness (QED) is 0.636. The maximum atomic E-state index is 11.4. The molecule has 0 atom stereocenters. The number of aliphatic hydroxyl groups excluding tert-OH is 1. The molecular weight excluding hydrogens is 226 g/mol. The molecule has 0 radical (unpaired) electrons. The minimum Gasteiger partial charge on any atom is -0.394 e. The molecule has 7 heteroatoms. The molecule has 2 amide bonds. The molecule has 0 spiro atoms. The van der Waals surface area contributed by atoms with Crippen molar-refractivity contribution >= 4 is 17.6 Å². The van der Waals surface area contributed by atoms with E-state index in [0.29, 0.717) is 5.76 Å². The Labute approximate surface area is 98.2 Å². The van der Waals surface area contributed by atoms with Gasteiger partial charge in [0.1, 0.15) is 5.76 Å². The highest BCUT2D eigenvalue weighted by Crippen LogP contribution is 2.07.